The van der Waals surface area contributed by atoms with E-state index in [1.807, 2.05) is 12.1 Å². The summed E-state index contributed by atoms with van der Waals surface area (Å²) in [6.45, 7) is 7.22. The van der Waals surface area contributed by atoms with Crippen molar-refractivity contribution >= 4 is 49.9 Å². The molecule has 2 heterocycles. The monoisotopic (exact) mass is 526 g/mol. The molecular weight excluding hydrogens is 500 g/mol. The largest absolute Gasteiger partial charge is 0.490 e. The van der Waals surface area contributed by atoms with Crippen LogP contribution in [0.25, 0.3) is 6.08 Å². The first-order chi connectivity index (χ1) is 16.9. The molecule has 9 nitrogen and oxygen atoms in total. The van der Waals surface area contributed by atoms with Gasteiger partial charge in [-0.25, -0.2) is 13.3 Å². The van der Waals surface area contributed by atoms with E-state index in [0.717, 1.165) is 28.9 Å². The fraction of sp³-hybridized carbons (Fsp3) is 0.280. The summed E-state index contributed by atoms with van der Waals surface area (Å²) in [5.41, 5.74) is 1.93. The Hall–Kier alpha value is -3.44. The maximum Gasteiger partial charge on any atom is 0.283 e. The maximum atomic E-state index is 12.5. The van der Waals surface area contributed by atoms with Crippen LogP contribution >= 0.6 is 11.9 Å². The van der Waals surface area contributed by atoms with Gasteiger partial charge >= 0.3 is 0 Å². The van der Waals surface area contributed by atoms with Gasteiger partial charge in [-0.15, -0.1) is 0 Å². The smallest absolute Gasteiger partial charge is 0.283 e. The van der Waals surface area contributed by atoms with Crippen LogP contribution < -0.4 is 9.47 Å². The van der Waals surface area contributed by atoms with E-state index < -0.39 is 15.7 Å². The highest BCUT2D eigenvalue weighted by atomic mass is 32.2. The zero-order chi connectivity index (χ0) is 26.1. The molecule has 0 fully saturated rings. The van der Waals surface area contributed by atoms with Gasteiger partial charge in [-0.2, -0.15) is 9.39 Å². The van der Waals surface area contributed by atoms with Gasteiger partial charge in [-0.3, -0.25) is 10.2 Å². The molecule has 36 heavy (non-hydrogen) atoms. The van der Waals surface area contributed by atoms with Crippen molar-refractivity contribution in [3.05, 3.63) is 65.2 Å². The minimum atomic E-state index is -3.69. The number of nitrogens with zero attached hydrogens (tertiary/aromatic N) is 3. The Morgan fingerprint density at radius 1 is 1.00 bits per heavy atom. The van der Waals surface area contributed by atoms with E-state index in [9.17, 15) is 13.2 Å². The summed E-state index contributed by atoms with van der Waals surface area (Å²) < 4.78 is 39.3. The molecule has 2 aliphatic rings. The van der Waals surface area contributed by atoms with Crippen molar-refractivity contribution < 1.29 is 22.7 Å². The average Bonchev–Trinajstić information content (AvgIpc) is 3.25. The van der Waals surface area contributed by atoms with Crippen molar-refractivity contribution in [1.29, 1.82) is 5.41 Å². The van der Waals surface area contributed by atoms with Gasteiger partial charge in [0.1, 0.15) is 30.5 Å². The lowest BCUT2D eigenvalue weighted by Gasteiger charge is -2.23. The third-order valence-electron chi connectivity index (χ3n) is 5.36. The van der Waals surface area contributed by atoms with Crippen LogP contribution in [0.2, 0.25) is 0 Å². The summed E-state index contributed by atoms with van der Waals surface area (Å²) in [5, 5.41) is 8.13. The fourth-order valence-corrected chi connectivity index (χ4v) is 5.28. The van der Waals surface area contributed by atoms with Crippen molar-refractivity contribution in [3.8, 4) is 11.5 Å². The van der Waals surface area contributed by atoms with Gasteiger partial charge in [-0.1, -0.05) is 45.0 Å². The highest BCUT2D eigenvalue weighted by Crippen LogP contribution is 2.30. The van der Waals surface area contributed by atoms with Crippen LogP contribution in [-0.4, -0.2) is 54.9 Å². The van der Waals surface area contributed by atoms with Crippen molar-refractivity contribution in [2.24, 2.45) is 9.39 Å². The van der Waals surface area contributed by atoms with Crippen LogP contribution in [-0.2, 0) is 20.0 Å². The standard InChI is InChI=1S/C25H26N4O5S2/c1-25(2,3)17-7-11-19(12-8-17)34-14-13-33-18-9-5-16(6-10-18)15-20-21(26)29-23(27-22(20)30)35-28-24(29)36(4,31)32/h5-12,15,26H,13-14H2,1-4H3/b20-15-,26-21?. The van der Waals surface area contributed by atoms with Crippen molar-refractivity contribution in [1.82, 2.24) is 4.90 Å². The summed E-state index contributed by atoms with van der Waals surface area (Å²) in [6, 6.07) is 15.0. The van der Waals surface area contributed by atoms with Crippen LogP contribution in [0.5, 0.6) is 11.5 Å². The van der Waals surface area contributed by atoms with Crippen LogP contribution in [0.15, 0.2) is 63.5 Å². The molecular formula is C25H26N4O5S2. The number of carbonyl (C=O) groups is 1. The topological polar surface area (TPSA) is 121 Å². The summed E-state index contributed by atoms with van der Waals surface area (Å²) in [4.78, 5) is 17.4. The summed E-state index contributed by atoms with van der Waals surface area (Å²) in [6.07, 6.45) is 2.48. The molecule has 0 aliphatic carbocycles. The number of amidine groups is 3. The molecule has 0 spiro atoms. The second-order valence-electron chi connectivity index (χ2n) is 9.22. The summed E-state index contributed by atoms with van der Waals surface area (Å²) >= 11 is 0.757. The zero-order valence-corrected chi connectivity index (χ0v) is 21.9. The minimum Gasteiger partial charge on any atom is -0.490 e. The maximum absolute atomic E-state index is 12.5. The average molecular weight is 527 g/mol. The highest BCUT2D eigenvalue weighted by Gasteiger charge is 2.41. The Bertz CT molecular complexity index is 1390. The molecule has 2 aromatic carbocycles. The van der Waals surface area contributed by atoms with Crippen molar-refractivity contribution in [2.75, 3.05) is 19.5 Å². The van der Waals surface area contributed by atoms with E-state index in [1.165, 1.54) is 11.6 Å². The lowest BCUT2D eigenvalue weighted by atomic mass is 9.87. The highest BCUT2D eigenvalue weighted by molar-refractivity contribution is 8.16. The van der Waals surface area contributed by atoms with Gasteiger partial charge in [-0.05, 0) is 46.9 Å². The molecule has 2 aromatic rings. The number of hydrogen-bond acceptors (Lipinski definition) is 8. The second kappa shape index (κ2) is 9.90. The van der Waals surface area contributed by atoms with E-state index in [1.54, 1.807) is 24.3 Å². The molecule has 1 N–H and O–H groups in total. The normalized spacial score (nSPS) is 17.1. The number of ether oxygens (including phenoxy) is 2. The second-order valence-corrected chi connectivity index (χ2v) is 11.9. The molecule has 11 heteroatoms. The number of carbonyl (C=O) groups excluding carboxylic acids is 1. The van der Waals surface area contributed by atoms with Crippen LogP contribution in [0.1, 0.15) is 31.9 Å². The number of hydrogen-bond donors (Lipinski definition) is 1. The predicted octanol–water partition coefficient (Wildman–Crippen LogP) is 4.06. The van der Waals surface area contributed by atoms with E-state index in [0.29, 0.717) is 24.5 Å². The molecule has 0 aromatic heterocycles. The molecule has 188 valence electrons. The molecule has 0 saturated carbocycles. The summed E-state index contributed by atoms with van der Waals surface area (Å²) in [5.74, 6) is 0.486. The molecule has 0 saturated heterocycles. The Morgan fingerprint density at radius 2 is 1.56 bits per heavy atom. The Morgan fingerprint density at radius 3 is 2.08 bits per heavy atom. The van der Waals surface area contributed by atoms with E-state index >= 15 is 0 Å². The van der Waals surface area contributed by atoms with Gasteiger partial charge in [0.25, 0.3) is 5.91 Å². The molecule has 0 radical (unpaired) electrons. The quantitative estimate of drug-likeness (QED) is 0.342. The number of amides is 1. The first kappa shape index (κ1) is 25.6. The van der Waals surface area contributed by atoms with Gasteiger partial charge in [0.05, 0.1) is 17.5 Å². The first-order valence-electron chi connectivity index (χ1n) is 11.1. The zero-order valence-electron chi connectivity index (χ0n) is 20.3. The van der Waals surface area contributed by atoms with E-state index in [2.05, 4.69) is 42.3 Å². The number of fused-ring (bicyclic) bond motifs is 1. The Labute approximate surface area is 214 Å². The van der Waals surface area contributed by atoms with Gasteiger partial charge < -0.3 is 9.47 Å². The first-order valence-corrected chi connectivity index (χ1v) is 13.7. The van der Waals surface area contributed by atoms with Crippen molar-refractivity contribution in [3.63, 3.8) is 0 Å². The minimum absolute atomic E-state index is 0.0304. The fourth-order valence-electron chi connectivity index (χ4n) is 3.43. The number of benzene rings is 2. The SMILES string of the molecule is CC(C)(C)c1ccc(OCCOc2ccc(/C=C3/C(=N)N4C(=NC3=O)SN=C4S(C)(=O)=O)cc2)cc1. The Kier molecular flexibility index (Phi) is 7.05. The van der Waals surface area contributed by atoms with Crippen LogP contribution in [0.4, 0.5) is 0 Å². The molecule has 2 aliphatic heterocycles. The third-order valence-corrected chi connectivity index (χ3v) is 7.11. The van der Waals surface area contributed by atoms with Gasteiger partial charge in [0, 0.05) is 6.26 Å². The molecule has 0 unspecified atom stereocenters. The molecule has 1 amide bonds. The summed E-state index contributed by atoms with van der Waals surface area (Å²) in [7, 11) is -3.69. The van der Waals surface area contributed by atoms with Crippen molar-refractivity contribution in [2.45, 2.75) is 26.2 Å². The molecule has 0 bridgehead atoms. The van der Waals surface area contributed by atoms with Crippen LogP contribution in [0.3, 0.4) is 0 Å². The van der Waals surface area contributed by atoms with Gasteiger partial charge in [0.2, 0.25) is 20.2 Å². The predicted molar refractivity (Wildman–Crippen MR) is 142 cm³/mol. The number of nitrogens with one attached hydrogen (secondary N) is 1. The van der Waals surface area contributed by atoms with Crippen LogP contribution in [0, 0.1) is 5.41 Å². The third kappa shape index (κ3) is 5.68. The van der Waals surface area contributed by atoms with E-state index in [4.69, 9.17) is 14.9 Å². The number of rotatable bonds is 6. The number of sulfone groups is 1. The Balaban J connectivity index is 1.35. The lowest BCUT2D eigenvalue weighted by molar-refractivity contribution is -0.114. The van der Waals surface area contributed by atoms with Gasteiger partial charge in [0.15, 0.2) is 0 Å². The molecule has 4 rings (SSSR count). The lowest BCUT2D eigenvalue weighted by Crippen LogP contribution is -2.45. The number of aliphatic imine (C=N–C) groups is 1. The molecule has 0 atom stereocenters. The van der Waals surface area contributed by atoms with E-state index in [-0.39, 0.29) is 27.2 Å².